The topological polar surface area (TPSA) is 38.3 Å². The fourth-order valence-electron chi connectivity index (χ4n) is 1.95. The van der Waals surface area contributed by atoms with E-state index in [1.165, 1.54) is 0 Å². The van der Waals surface area contributed by atoms with Crippen LogP contribution in [0.25, 0.3) is 0 Å². The van der Waals surface area contributed by atoms with Crippen LogP contribution in [0.5, 0.6) is 5.75 Å². The van der Waals surface area contributed by atoms with Crippen LogP contribution in [0.3, 0.4) is 0 Å². The average Bonchev–Trinajstić information content (AvgIpc) is 2.52. The molecule has 0 saturated carbocycles. The van der Waals surface area contributed by atoms with Crippen LogP contribution in [0.4, 0.5) is 26.3 Å². The van der Waals surface area contributed by atoms with Gasteiger partial charge in [0.05, 0.1) is 5.56 Å². The highest BCUT2D eigenvalue weighted by atomic mass is 19.4. The molecule has 0 atom stereocenters. The van der Waals surface area contributed by atoms with Gasteiger partial charge in [-0.05, 0) is 29.8 Å². The lowest BCUT2D eigenvalue weighted by Gasteiger charge is -2.14. The van der Waals surface area contributed by atoms with Crippen molar-refractivity contribution in [3.05, 3.63) is 65.0 Å². The van der Waals surface area contributed by atoms with Gasteiger partial charge in [-0.2, -0.15) is 13.2 Å². The summed E-state index contributed by atoms with van der Waals surface area (Å²) in [5, 5.41) is 2.15. The SMILES string of the molecule is O=C(COc1ccc(F)cc1F)NCc1ccc(F)cc1C(F)(F)F. The number of rotatable bonds is 5. The molecule has 0 radical (unpaired) electrons. The first-order valence-corrected chi connectivity index (χ1v) is 6.87. The van der Waals surface area contributed by atoms with Gasteiger partial charge in [0.2, 0.25) is 0 Å². The van der Waals surface area contributed by atoms with Gasteiger partial charge in [-0.1, -0.05) is 6.07 Å². The highest BCUT2D eigenvalue weighted by Gasteiger charge is 2.33. The molecule has 0 bridgehead atoms. The van der Waals surface area contributed by atoms with Gasteiger partial charge in [-0.15, -0.1) is 0 Å². The maximum absolute atomic E-state index is 13.3. The number of benzene rings is 2. The number of amides is 1. The molecule has 0 aromatic heterocycles. The maximum Gasteiger partial charge on any atom is 0.416 e. The van der Waals surface area contributed by atoms with Crippen molar-refractivity contribution < 1.29 is 35.9 Å². The van der Waals surface area contributed by atoms with Gasteiger partial charge < -0.3 is 10.1 Å². The smallest absolute Gasteiger partial charge is 0.416 e. The summed E-state index contributed by atoms with van der Waals surface area (Å²) in [6.45, 7) is -1.21. The van der Waals surface area contributed by atoms with Crippen LogP contribution in [0, 0.1) is 17.5 Å². The van der Waals surface area contributed by atoms with Gasteiger partial charge in [0.15, 0.2) is 18.2 Å². The van der Waals surface area contributed by atoms with E-state index >= 15 is 0 Å². The third-order valence-electron chi connectivity index (χ3n) is 3.11. The average molecular weight is 363 g/mol. The Morgan fingerprint density at radius 2 is 1.64 bits per heavy atom. The second-order valence-corrected chi connectivity index (χ2v) is 4.94. The molecule has 134 valence electrons. The zero-order valence-electron chi connectivity index (χ0n) is 12.5. The summed E-state index contributed by atoms with van der Waals surface area (Å²) in [5.74, 6) is -4.12. The lowest BCUT2D eigenvalue weighted by atomic mass is 10.1. The molecule has 0 aliphatic heterocycles. The van der Waals surface area contributed by atoms with Gasteiger partial charge in [-0.3, -0.25) is 4.79 Å². The van der Waals surface area contributed by atoms with E-state index in [4.69, 9.17) is 4.74 Å². The van der Waals surface area contributed by atoms with Crippen LogP contribution in [-0.4, -0.2) is 12.5 Å². The number of ether oxygens (including phenoxy) is 1. The molecular formula is C16H11F6NO2. The minimum absolute atomic E-state index is 0.325. The van der Waals surface area contributed by atoms with E-state index in [9.17, 15) is 31.1 Å². The third-order valence-corrected chi connectivity index (χ3v) is 3.11. The molecule has 3 nitrogen and oxygen atoms in total. The minimum atomic E-state index is -4.78. The van der Waals surface area contributed by atoms with Crippen molar-refractivity contribution in [2.24, 2.45) is 0 Å². The first kappa shape index (κ1) is 18.6. The van der Waals surface area contributed by atoms with Gasteiger partial charge in [0.1, 0.15) is 11.6 Å². The number of carbonyl (C=O) groups is 1. The van der Waals surface area contributed by atoms with E-state index in [-0.39, 0.29) is 11.3 Å². The molecule has 0 saturated heterocycles. The van der Waals surface area contributed by atoms with E-state index in [0.29, 0.717) is 12.1 Å². The standard InChI is InChI=1S/C16H11F6NO2/c17-10-2-1-9(12(5-10)16(20,21)22)7-23-15(24)8-25-14-4-3-11(18)6-13(14)19/h1-6H,7-8H2,(H,23,24). The minimum Gasteiger partial charge on any atom is -0.481 e. The zero-order chi connectivity index (χ0) is 18.6. The fourth-order valence-corrected chi connectivity index (χ4v) is 1.95. The van der Waals surface area contributed by atoms with E-state index in [1.807, 2.05) is 0 Å². The number of nitrogens with one attached hydrogen (secondary N) is 1. The monoisotopic (exact) mass is 363 g/mol. The Hall–Kier alpha value is -2.71. The molecule has 25 heavy (non-hydrogen) atoms. The molecule has 0 aliphatic rings. The van der Waals surface area contributed by atoms with Crippen molar-refractivity contribution in [2.75, 3.05) is 6.61 Å². The molecule has 9 heteroatoms. The zero-order valence-corrected chi connectivity index (χ0v) is 12.5. The Labute approximate surface area is 138 Å². The number of hydrogen-bond donors (Lipinski definition) is 1. The summed E-state index contributed by atoms with van der Waals surface area (Å²) in [5.41, 5.74) is -1.55. The van der Waals surface area contributed by atoms with Gasteiger partial charge >= 0.3 is 6.18 Å². The van der Waals surface area contributed by atoms with Gasteiger partial charge in [0, 0.05) is 12.6 Å². The number of hydrogen-bond acceptors (Lipinski definition) is 2. The Bertz CT molecular complexity index is 776. The molecule has 1 amide bonds. The molecule has 0 spiro atoms. The molecule has 0 heterocycles. The van der Waals surface area contributed by atoms with Crippen molar-refractivity contribution in [3.8, 4) is 5.75 Å². The number of halogens is 6. The fraction of sp³-hybridized carbons (Fsp3) is 0.188. The van der Waals surface area contributed by atoms with Crippen molar-refractivity contribution in [1.82, 2.24) is 5.32 Å². The van der Waals surface area contributed by atoms with Gasteiger partial charge in [0.25, 0.3) is 5.91 Å². The highest BCUT2D eigenvalue weighted by Crippen LogP contribution is 2.32. The molecule has 2 aromatic rings. The highest BCUT2D eigenvalue weighted by molar-refractivity contribution is 5.77. The molecule has 0 unspecified atom stereocenters. The van der Waals surface area contributed by atoms with Crippen LogP contribution in [-0.2, 0) is 17.5 Å². The Morgan fingerprint density at radius 3 is 2.28 bits per heavy atom. The predicted molar refractivity (Wildman–Crippen MR) is 75.1 cm³/mol. The lowest BCUT2D eigenvalue weighted by Crippen LogP contribution is -2.29. The van der Waals surface area contributed by atoms with Crippen LogP contribution >= 0.6 is 0 Å². The summed E-state index contributed by atoms with van der Waals surface area (Å²) in [4.78, 5) is 11.6. The molecule has 1 N–H and O–H groups in total. The second kappa shape index (κ2) is 7.45. The van der Waals surface area contributed by atoms with Crippen molar-refractivity contribution in [2.45, 2.75) is 12.7 Å². The quantitative estimate of drug-likeness (QED) is 0.821. The van der Waals surface area contributed by atoms with Gasteiger partial charge in [-0.25, -0.2) is 13.2 Å². The summed E-state index contributed by atoms with van der Waals surface area (Å²) in [7, 11) is 0. The Kier molecular flexibility index (Phi) is 5.55. The maximum atomic E-state index is 13.3. The molecule has 0 aliphatic carbocycles. The largest absolute Gasteiger partial charge is 0.481 e. The summed E-state index contributed by atoms with van der Waals surface area (Å²) < 4.78 is 82.3. The first-order valence-electron chi connectivity index (χ1n) is 6.87. The third kappa shape index (κ3) is 5.13. The lowest BCUT2D eigenvalue weighted by molar-refractivity contribution is -0.138. The molecular weight excluding hydrogens is 352 g/mol. The molecule has 2 aromatic carbocycles. The summed E-state index contributed by atoms with van der Waals surface area (Å²) in [6, 6.07) is 4.51. The van der Waals surface area contributed by atoms with E-state index < -0.39 is 48.3 Å². The van der Waals surface area contributed by atoms with E-state index in [0.717, 1.165) is 24.3 Å². The number of carbonyl (C=O) groups excluding carboxylic acids is 1. The van der Waals surface area contributed by atoms with Crippen molar-refractivity contribution >= 4 is 5.91 Å². The Balaban J connectivity index is 1.96. The van der Waals surface area contributed by atoms with Crippen molar-refractivity contribution in [3.63, 3.8) is 0 Å². The van der Waals surface area contributed by atoms with Crippen LogP contribution in [0.2, 0.25) is 0 Å². The van der Waals surface area contributed by atoms with Crippen LogP contribution in [0.1, 0.15) is 11.1 Å². The molecule has 2 rings (SSSR count). The van der Waals surface area contributed by atoms with Crippen molar-refractivity contribution in [1.29, 1.82) is 0 Å². The van der Waals surface area contributed by atoms with Crippen LogP contribution in [0.15, 0.2) is 36.4 Å². The predicted octanol–water partition coefficient (Wildman–Crippen LogP) is 3.82. The second-order valence-electron chi connectivity index (χ2n) is 4.94. The van der Waals surface area contributed by atoms with E-state index in [2.05, 4.69) is 5.32 Å². The Morgan fingerprint density at radius 1 is 1.00 bits per heavy atom. The van der Waals surface area contributed by atoms with E-state index in [1.54, 1.807) is 0 Å². The normalized spacial score (nSPS) is 11.3. The summed E-state index contributed by atoms with van der Waals surface area (Å²) in [6.07, 6.45) is -4.78. The summed E-state index contributed by atoms with van der Waals surface area (Å²) >= 11 is 0. The first-order chi connectivity index (χ1) is 11.7. The number of alkyl halides is 3. The molecule has 0 fully saturated rings. The van der Waals surface area contributed by atoms with Crippen LogP contribution < -0.4 is 10.1 Å².